The van der Waals surface area contributed by atoms with E-state index in [1.165, 1.54) is 0 Å². The maximum absolute atomic E-state index is 11.8. The maximum atomic E-state index is 11.8. The lowest BCUT2D eigenvalue weighted by Crippen LogP contribution is -2.48. The summed E-state index contributed by atoms with van der Waals surface area (Å²) in [6.45, 7) is 3.87. The van der Waals surface area contributed by atoms with E-state index in [1.54, 1.807) is 0 Å². The van der Waals surface area contributed by atoms with Crippen LogP contribution in [0.1, 0.15) is 32.3 Å². The van der Waals surface area contributed by atoms with Gasteiger partial charge in [-0.3, -0.25) is 4.79 Å². The molecular formula is C16H23NO5. The first-order valence-electron chi connectivity index (χ1n) is 7.31. The van der Waals surface area contributed by atoms with Gasteiger partial charge in [-0.05, 0) is 11.5 Å². The highest BCUT2D eigenvalue weighted by Gasteiger charge is 2.28. The predicted molar refractivity (Wildman–Crippen MR) is 81.3 cm³/mol. The van der Waals surface area contributed by atoms with Gasteiger partial charge in [0.1, 0.15) is 6.61 Å². The van der Waals surface area contributed by atoms with Gasteiger partial charge >= 0.3 is 12.1 Å². The van der Waals surface area contributed by atoms with Crippen LogP contribution in [-0.4, -0.2) is 34.4 Å². The van der Waals surface area contributed by atoms with Crippen LogP contribution in [0, 0.1) is 5.92 Å². The summed E-state index contributed by atoms with van der Waals surface area (Å²) in [7, 11) is 0. The molecule has 1 aromatic carbocycles. The van der Waals surface area contributed by atoms with Gasteiger partial charge in [-0.2, -0.15) is 0 Å². The zero-order chi connectivity index (χ0) is 16.5. The Morgan fingerprint density at radius 2 is 1.91 bits per heavy atom. The topological polar surface area (TPSA) is 95.9 Å². The molecule has 1 amide bonds. The van der Waals surface area contributed by atoms with Crippen LogP contribution in [0.2, 0.25) is 0 Å². The fourth-order valence-corrected chi connectivity index (χ4v) is 2.08. The summed E-state index contributed by atoms with van der Waals surface area (Å²) in [5.74, 6) is -1.18. The number of aliphatic hydroxyl groups is 1. The van der Waals surface area contributed by atoms with Gasteiger partial charge in [0.2, 0.25) is 0 Å². The van der Waals surface area contributed by atoms with E-state index in [1.807, 2.05) is 44.2 Å². The van der Waals surface area contributed by atoms with Gasteiger partial charge in [-0.15, -0.1) is 0 Å². The Kier molecular flexibility index (Phi) is 7.39. The van der Waals surface area contributed by atoms with Crippen LogP contribution < -0.4 is 5.32 Å². The van der Waals surface area contributed by atoms with E-state index in [0.29, 0.717) is 6.42 Å². The minimum atomic E-state index is -1.16. The first kappa shape index (κ1) is 18.0. The van der Waals surface area contributed by atoms with E-state index in [0.717, 1.165) is 5.56 Å². The van der Waals surface area contributed by atoms with Crippen LogP contribution in [0.15, 0.2) is 30.3 Å². The molecule has 0 aliphatic carbocycles. The van der Waals surface area contributed by atoms with Crippen LogP contribution in [0.3, 0.4) is 0 Å². The van der Waals surface area contributed by atoms with Crippen molar-refractivity contribution in [2.24, 2.45) is 5.92 Å². The molecule has 3 N–H and O–H groups in total. The van der Waals surface area contributed by atoms with Crippen molar-refractivity contribution in [2.75, 3.05) is 0 Å². The number of carboxylic acid groups (broad SMARTS) is 1. The summed E-state index contributed by atoms with van der Waals surface area (Å²) >= 11 is 0. The Morgan fingerprint density at radius 1 is 1.27 bits per heavy atom. The van der Waals surface area contributed by atoms with E-state index in [9.17, 15) is 14.7 Å². The lowest BCUT2D eigenvalue weighted by atomic mass is 9.93. The number of aliphatic hydroxyl groups excluding tert-OH is 1. The third-order valence-corrected chi connectivity index (χ3v) is 3.55. The summed E-state index contributed by atoms with van der Waals surface area (Å²) in [5, 5.41) is 21.3. The molecular weight excluding hydrogens is 286 g/mol. The number of rotatable bonds is 8. The van der Waals surface area contributed by atoms with Crippen molar-refractivity contribution in [1.29, 1.82) is 0 Å². The molecule has 0 saturated carbocycles. The molecule has 0 aliphatic rings. The molecule has 0 heterocycles. The Morgan fingerprint density at radius 3 is 2.45 bits per heavy atom. The number of hydrogen-bond acceptors (Lipinski definition) is 4. The molecule has 0 aliphatic heterocycles. The summed E-state index contributed by atoms with van der Waals surface area (Å²) in [5.41, 5.74) is 0.851. The van der Waals surface area contributed by atoms with Crippen molar-refractivity contribution in [3.05, 3.63) is 35.9 Å². The number of carbonyl (C=O) groups is 2. The van der Waals surface area contributed by atoms with E-state index < -0.39 is 30.6 Å². The van der Waals surface area contributed by atoms with Crippen LogP contribution in [-0.2, 0) is 16.1 Å². The lowest BCUT2D eigenvalue weighted by Gasteiger charge is -2.27. The number of nitrogens with one attached hydrogen (secondary N) is 1. The highest BCUT2D eigenvalue weighted by Crippen LogP contribution is 2.14. The first-order valence-corrected chi connectivity index (χ1v) is 7.31. The fraction of sp³-hybridized carbons (Fsp3) is 0.500. The van der Waals surface area contributed by atoms with Crippen LogP contribution in [0.5, 0.6) is 0 Å². The molecule has 1 rings (SSSR count). The molecule has 0 spiro atoms. The number of alkyl carbamates (subject to hydrolysis) is 1. The van der Waals surface area contributed by atoms with E-state index in [-0.39, 0.29) is 12.5 Å². The minimum absolute atomic E-state index is 0.0707. The minimum Gasteiger partial charge on any atom is -0.481 e. The molecule has 1 aromatic rings. The van der Waals surface area contributed by atoms with E-state index in [4.69, 9.17) is 9.84 Å². The molecule has 6 heteroatoms. The van der Waals surface area contributed by atoms with Gasteiger partial charge in [0, 0.05) is 0 Å². The first-order chi connectivity index (χ1) is 10.4. The molecule has 22 heavy (non-hydrogen) atoms. The Hall–Kier alpha value is -2.08. The molecule has 0 radical (unpaired) electrons. The molecule has 3 atom stereocenters. The average molecular weight is 309 g/mol. The number of carboxylic acids is 1. The van der Waals surface area contributed by atoms with Gasteiger partial charge in [0.05, 0.1) is 18.6 Å². The second-order valence-corrected chi connectivity index (χ2v) is 5.28. The van der Waals surface area contributed by atoms with E-state index >= 15 is 0 Å². The Bertz CT molecular complexity index is 477. The Labute approximate surface area is 130 Å². The maximum Gasteiger partial charge on any atom is 0.407 e. The Balaban J connectivity index is 2.56. The summed E-state index contributed by atoms with van der Waals surface area (Å²) in [6, 6.07) is 8.55. The van der Waals surface area contributed by atoms with Gasteiger partial charge in [-0.1, -0.05) is 50.6 Å². The largest absolute Gasteiger partial charge is 0.481 e. The third-order valence-electron chi connectivity index (χ3n) is 3.55. The smallest absolute Gasteiger partial charge is 0.407 e. The van der Waals surface area contributed by atoms with Crippen LogP contribution >= 0.6 is 0 Å². The number of ether oxygens (including phenoxy) is 1. The molecule has 0 aromatic heterocycles. The normalized spacial score (nSPS) is 14.7. The van der Waals surface area contributed by atoms with Crippen molar-refractivity contribution in [1.82, 2.24) is 5.32 Å². The number of aliphatic carboxylic acids is 1. The average Bonchev–Trinajstić information content (AvgIpc) is 2.50. The molecule has 0 bridgehead atoms. The van der Waals surface area contributed by atoms with Gasteiger partial charge in [0.25, 0.3) is 0 Å². The van der Waals surface area contributed by atoms with E-state index in [2.05, 4.69) is 5.32 Å². The van der Waals surface area contributed by atoms with Gasteiger partial charge in [-0.25, -0.2) is 4.79 Å². The van der Waals surface area contributed by atoms with Crippen molar-refractivity contribution in [3.8, 4) is 0 Å². The van der Waals surface area contributed by atoms with Crippen LogP contribution in [0.4, 0.5) is 4.79 Å². The van der Waals surface area contributed by atoms with Crippen molar-refractivity contribution >= 4 is 12.1 Å². The monoisotopic (exact) mass is 309 g/mol. The second kappa shape index (κ2) is 9.04. The summed E-state index contributed by atoms with van der Waals surface area (Å²) in [4.78, 5) is 22.6. The molecule has 0 unspecified atom stereocenters. The third kappa shape index (κ3) is 6.13. The molecule has 0 saturated heterocycles. The number of carbonyl (C=O) groups excluding carboxylic acids is 1. The van der Waals surface area contributed by atoms with Gasteiger partial charge in [0.15, 0.2) is 0 Å². The summed E-state index contributed by atoms with van der Waals surface area (Å²) in [6.07, 6.45) is -1.55. The zero-order valence-electron chi connectivity index (χ0n) is 12.9. The number of hydrogen-bond donors (Lipinski definition) is 3. The SMILES string of the molecule is CC[C@H](C)[C@@H](NC(=O)OCc1ccccc1)[C@@H](O)CC(=O)O. The highest BCUT2D eigenvalue weighted by atomic mass is 16.5. The fourth-order valence-electron chi connectivity index (χ4n) is 2.08. The van der Waals surface area contributed by atoms with Gasteiger partial charge < -0.3 is 20.3 Å². The quantitative estimate of drug-likeness (QED) is 0.684. The zero-order valence-corrected chi connectivity index (χ0v) is 12.9. The molecule has 122 valence electrons. The molecule has 0 fully saturated rings. The summed E-state index contributed by atoms with van der Waals surface area (Å²) < 4.78 is 5.10. The van der Waals surface area contributed by atoms with Crippen molar-refractivity contribution in [3.63, 3.8) is 0 Å². The number of amides is 1. The lowest BCUT2D eigenvalue weighted by molar-refractivity contribution is -0.139. The van der Waals surface area contributed by atoms with Crippen LogP contribution in [0.25, 0.3) is 0 Å². The second-order valence-electron chi connectivity index (χ2n) is 5.28. The van der Waals surface area contributed by atoms with Crippen molar-refractivity contribution < 1.29 is 24.5 Å². The predicted octanol–water partition coefficient (Wildman–Crippen LogP) is 2.16. The molecule has 6 nitrogen and oxygen atoms in total. The number of benzene rings is 1. The highest BCUT2D eigenvalue weighted by molar-refractivity contribution is 5.69. The standard InChI is InChI=1S/C16H23NO5/c1-3-11(2)15(13(18)9-14(19)20)17-16(21)22-10-12-7-5-4-6-8-12/h4-8,11,13,15,18H,3,9-10H2,1-2H3,(H,17,21)(H,19,20)/t11-,13-,15+/m0/s1. The van der Waals surface area contributed by atoms with Crippen molar-refractivity contribution in [2.45, 2.75) is 45.4 Å².